The van der Waals surface area contributed by atoms with Gasteiger partial charge in [-0.15, -0.1) is 10.2 Å². The van der Waals surface area contributed by atoms with Gasteiger partial charge in [-0.05, 0) is 84.9 Å². The molecule has 0 amide bonds. The summed E-state index contributed by atoms with van der Waals surface area (Å²) in [7, 11) is -9.74. The lowest BCUT2D eigenvalue weighted by atomic mass is 10.0. The van der Waals surface area contributed by atoms with Crippen molar-refractivity contribution in [2.45, 2.75) is 23.6 Å². The Morgan fingerprint density at radius 1 is 0.889 bits per heavy atom. The number of aryl methyl sites for hydroxylation is 1. The van der Waals surface area contributed by atoms with Crippen molar-refractivity contribution in [1.29, 1.82) is 0 Å². The Labute approximate surface area is 310 Å². The molecule has 0 saturated heterocycles. The van der Waals surface area contributed by atoms with Crippen LogP contribution in [0.5, 0.6) is 5.75 Å². The summed E-state index contributed by atoms with van der Waals surface area (Å²) in [6.45, 7) is 3.79. The number of nitrogens with one attached hydrogen (secondary N) is 2. The molecule has 0 aliphatic carbocycles. The highest BCUT2D eigenvalue weighted by Gasteiger charge is 2.23. The van der Waals surface area contributed by atoms with E-state index in [1.807, 2.05) is 37.3 Å². The molecule has 0 aliphatic rings. The van der Waals surface area contributed by atoms with Crippen molar-refractivity contribution < 1.29 is 39.8 Å². The number of hydrogen-bond donors (Lipinski definition) is 5. The molecule has 6 rings (SSSR count). The van der Waals surface area contributed by atoms with E-state index in [9.17, 15) is 39.8 Å². The van der Waals surface area contributed by atoms with E-state index in [0.717, 1.165) is 23.9 Å². The zero-order valence-corrected chi connectivity index (χ0v) is 30.0. The van der Waals surface area contributed by atoms with Crippen LogP contribution in [0.25, 0.3) is 10.8 Å². The lowest BCUT2D eigenvalue weighted by Crippen LogP contribution is -2.19. The molecule has 0 aliphatic heterocycles. The van der Waals surface area contributed by atoms with E-state index < -0.39 is 59.0 Å². The van der Waals surface area contributed by atoms with Crippen molar-refractivity contribution >= 4 is 88.8 Å². The molecular weight excluding hydrogens is 774 g/mol. The minimum atomic E-state index is -4.89. The summed E-state index contributed by atoms with van der Waals surface area (Å²) >= 11 is 6.23. The van der Waals surface area contributed by atoms with Gasteiger partial charge in [-0.3, -0.25) is 9.11 Å². The molecule has 278 valence electrons. The average Bonchev–Trinajstić information content (AvgIpc) is 3.09. The van der Waals surface area contributed by atoms with Gasteiger partial charge in [0.25, 0.3) is 26.2 Å². The van der Waals surface area contributed by atoms with Crippen molar-refractivity contribution in [3.63, 3.8) is 0 Å². The second-order valence-corrected chi connectivity index (χ2v) is 14.3. The van der Waals surface area contributed by atoms with Gasteiger partial charge in [-0.25, -0.2) is 9.97 Å². The third-order valence-electron chi connectivity index (χ3n) is 7.62. The number of para-hydroxylation sites is 1. The molecule has 2 aromatic heterocycles. The van der Waals surface area contributed by atoms with Crippen LogP contribution in [0.4, 0.5) is 54.9 Å². The molecular formula is C32H25ClF2N10O7S2. The van der Waals surface area contributed by atoms with Gasteiger partial charge in [0, 0.05) is 23.3 Å². The summed E-state index contributed by atoms with van der Waals surface area (Å²) in [6, 6.07) is 15.9. The number of phenolic OH excluding ortho intramolecular Hbond substituents is 1. The standard InChI is InChI=1S/C32H25ClF2N10O7S2/c1-3-45(19-7-5-4-6-8-19)32-41-30(33)40-31(42-32)38-18-9-10-23(54(50,51)52)21(13-18)43-44-26-16(2)11-17-12-20(53(47,48)49)14-22(24(17)27(26)46)39-29-25(34)28(35)36-15-37-29/h4-15,46H,3H2,1-2H3,(H,36,37,39)(H,47,48,49)(H,50,51,52)(H,38,40,41,42). The van der Waals surface area contributed by atoms with E-state index in [0.29, 0.717) is 12.9 Å². The Hall–Kier alpha value is -6.00. The number of hydrogen-bond acceptors (Lipinski definition) is 15. The number of fused-ring (bicyclic) bond motifs is 1. The Balaban J connectivity index is 1.43. The molecule has 0 bridgehead atoms. The number of halogens is 3. The van der Waals surface area contributed by atoms with E-state index in [1.54, 1.807) is 4.90 Å². The first kappa shape index (κ1) is 37.7. The van der Waals surface area contributed by atoms with E-state index in [4.69, 9.17) is 11.6 Å². The summed E-state index contributed by atoms with van der Waals surface area (Å²) in [5.74, 6) is -4.31. The maximum Gasteiger partial charge on any atom is 0.296 e. The monoisotopic (exact) mass is 798 g/mol. The average molecular weight is 799 g/mol. The minimum Gasteiger partial charge on any atom is -0.505 e. The predicted molar refractivity (Wildman–Crippen MR) is 193 cm³/mol. The fourth-order valence-corrected chi connectivity index (χ4v) is 6.55. The quantitative estimate of drug-likeness (QED) is 0.0490. The van der Waals surface area contributed by atoms with Gasteiger partial charge >= 0.3 is 0 Å². The second kappa shape index (κ2) is 14.8. The molecule has 5 N–H and O–H groups in total. The molecule has 6 aromatic rings. The van der Waals surface area contributed by atoms with Crippen LogP contribution in [0.15, 0.2) is 93.1 Å². The van der Waals surface area contributed by atoms with Gasteiger partial charge in [-0.2, -0.15) is 40.6 Å². The van der Waals surface area contributed by atoms with Crippen LogP contribution in [-0.4, -0.2) is 62.5 Å². The van der Waals surface area contributed by atoms with Crippen molar-refractivity contribution in [3.05, 3.63) is 95.7 Å². The highest BCUT2D eigenvalue weighted by atomic mass is 35.5. The van der Waals surface area contributed by atoms with Gasteiger partial charge < -0.3 is 20.6 Å². The largest absolute Gasteiger partial charge is 0.505 e. The molecule has 54 heavy (non-hydrogen) atoms. The Morgan fingerprint density at radius 3 is 2.31 bits per heavy atom. The van der Waals surface area contributed by atoms with E-state index >= 15 is 0 Å². The Kier molecular flexibility index (Phi) is 10.3. The highest BCUT2D eigenvalue weighted by molar-refractivity contribution is 7.86. The van der Waals surface area contributed by atoms with Crippen molar-refractivity contribution in [2.24, 2.45) is 10.2 Å². The van der Waals surface area contributed by atoms with E-state index in [-0.39, 0.29) is 50.6 Å². The molecule has 0 spiro atoms. The second-order valence-electron chi connectivity index (χ2n) is 11.2. The number of benzene rings is 4. The molecule has 0 atom stereocenters. The van der Waals surface area contributed by atoms with E-state index in [1.165, 1.54) is 25.1 Å². The number of azo groups is 1. The Bertz CT molecular complexity index is 2700. The number of aromatic nitrogens is 5. The van der Waals surface area contributed by atoms with Crippen molar-refractivity contribution in [3.8, 4) is 5.75 Å². The molecule has 4 aromatic carbocycles. The SMILES string of the molecule is CCN(c1ccccc1)c1nc(Cl)nc(Nc2ccc(S(=O)(=O)O)c(N=Nc3c(C)cc4cc(S(=O)(=O)O)cc(Nc5ncnc(F)c5F)c4c3O)c2)n1. The first-order chi connectivity index (χ1) is 25.5. The number of aromatic hydroxyl groups is 1. The van der Waals surface area contributed by atoms with Gasteiger partial charge in [-0.1, -0.05) is 18.2 Å². The molecule has 17 nitrogen and oxygen atoms in total. The van der Waals surface area contributed by atoms with Gasteiger partial charge in [0.2, 0.25) is 23.0 Å². The smallest absolute Gasteiger partial charge is 0.296 e. The third-order valence-corrected chi connectivity index (χ3v) is 9.52. The number of anilines is 6. The zero-order valence-electron chi connectivity index (χ0n) is 27.6. The van der Waals surface area contributed by atoms with Crippen molar-refractivity contribution in [1.82, 2.24) is 24.9 Å². The third kappa shape index (κ3) is 7.99. The number of rotatable bonds is 11. The fourth-order valence-electron chi connectivity index (χ4n) is 5.25. The Morgan fingerprint density at radius 2 is 1.63 bits per heavy atom. The lowest BCUT2D eigenvalue weighted by molar-refractivity contribution is 0.476. The van der Waals surface area contributed by atoms with Gasteiger partial charge in [0.05, 0.1) is 10.6 Å². The van der Waals surface area contributed by atoms with Crippen LogP contribution in [0.2, 0.25) is 5.28 Å². The van der Waals surface area contributed by atoms with Crippen LogP contribution in [0, 0.1) is 18.7 Å². The summed E-state index contributed by atoms with van der Waals surface area (Å²) in [6.07, 6.45) is 0.688. The molecule has 0 saturated carbocycles. The van der Waals surface area contributed by atoms with Crippen LogP contribution in [-0.2, 0) is 20.2 Å². The minimum absolute atomic E-state index is 0.00869. The van der Waals surface area contributed by atoms with Gasteiger partial charge in [0.1, 0.15) is 22.6 Å². The summed E-state index contributed by atoms with van der Waals surface area (Å²) in [4.78, 5) is 19.9. The maximum absolute atomic E-state index is 14.5. The summed E-state index contributed by atoms with van der Waals surface area (Å²) in [5, 5.41) is 24.4. The zero-order chi connectivity index (χ0) is 38.9. The molecule has 2 heterocycles. The first-order valence-corrected chi connectivity index (χ1v) is 18.5. The summed E-state index contributed by atoms with van der Waals surface area (Å²) < 4.78 is 96.9. The first-order valence-electron chi connectivity index (χ1n) is 15.3. The van der Waals surface area contributed by atoms with Crippen LogP contribution in [0.3, 0.4) is 0 Å². The molecule has 0 radical (unpaired) electrons. The lowest BCUT2D eigenvalue weighted by Gasteiger charge is -2.21. The maximum atomic E-state index is 14.5. The summed E-state index contributed by atoms with van der Waals surface area (Å²) in [5.41, 5.74) is 0.0386. The highest BCUT2D eigenvalue weighted by Crippen LogP contribution is 2.44. The predicted octanol–water partition coefficient (Wildman–Crippen LogP) is 7.31. The van der Waals surface area contributed by atoms with Crippen molar-refractivity contribution in [2.75, 3.05) is 22.1 Å². The number of phenols is 1. The molecule has 22 heteroatoms. The van der Waals surface area contributed by atoms with Crippen LogP contribution < -0.4 is 15.5 Å². The topological polar surface area (TPSA) is 245 Å². The van der Waals surface area contributed by atoms with Gasteiger partial charge in [0.15, 0.2) is 11.6 Å². The van der Waals surface area contributed by atoms with Crippen LogP contribution in [0.1, 0.15) is 12.5 Å². The van der Waals surface area contributed by atoms with Crippen LogP contribution >= 0.6 is 11.6 Å². The normalized spacial score (nSPS) is 12.0. The molecule has 0 unspecified atom stereocenters. The molecule has 0 fully saturated rings. The fraction of sp³-hybridized carbons (Fsp3) is 0.0938. The van der Waals surface area contributed by atoms with E-state index in [2.05, 4.69) is 45.8 Å². The number of nitrogens with zero attached hydrogens (tertiary/aromatic N) is 8.